The highest BCUT2D eigenvalue weighted by Gasteiger charge is 2.26. The Morgan fingerprint density at radius 2 is 2.05 bits per heavy atom. The summed E-state index contributed by atoms with van der Waals surface area (Å²) in [5.41, 5.74) is -0.155. The highest BCUT2D eigenvalue weighted by atomic mass is 127. The average Bonchev–Trinajstić information content (AvgIpc) is 2.35. The molecule has 0 fully saturated rings. The Balaban J connectivity index is 3.18. The van der Waals surface area contributed by atoms with E-state index in [1.165, 1.54) is 19.1 Å². The van der Waals surface area contributed by atoms with E-state index in [-0.39, 0.29) is 17.5 Å². The van der Waals surface area contributed by atoms with E-state index < -0.39 is 28.4 Å². The van der Waals surface area contributed by atoms with Gasteiger partial charge in [-0.1, -0.05) is 0 Å². The van der Waals surface area contributed by atoms with Crippen molar-refractivity contribution >= 4 is 44.3 Å². The van der Waals surface area contributed by atoms with Gasteiger partial charge in [-0.05, 0) is 61.6 Å². The molecule has 0 aliphatic heterocycles. The number of anilines is 1. The molecule has 0 unspecified atom stereocenters. The van der Waals surface area contributed by atoms with Crippen LogP contribution in [0.25, 0.3) is 0 Å². The largest absolute Gasteiger partial charge is 0.462 e. The molecule has 8 heteroatoms. The van der Waals surface area contributed by atoms with Gasteiger partial charge in [-0.15, -0.1) is 0 Å². The topological polar surface area (TPSA) is 63.7 Å². The Labute approximate surface area is 137 Å². The van der Waals surface area contributed by atoms with Crippen LogP contribution >= 0.6 is 22.6 Å². The van der Waals surface area contributed by atoms with Gasteiger partial charge in [0.15, 0.2) is 0 Å². The molecule has 0 atom stereocenters. The van der Waals surface area contributed by atoms with Gasteiger partial charge < -0.3 is 4.74 Å². The van der Waals surface area contributed by atoms with Gasteiger partial charge in [0.05, 0.1) is 17.5 Å². The van der Waals surface area contributed by atoms with Gasteiger partial charge in [-0.25, -0.2) is 12.8 Å². The number of esters is 1. The summed E-state index contributed by atoms with van der Waals surface area (Å²) in [7, 11) is -3.79. The van der Waals surface area contributed by atoms with E-state index in [0.29, 0.717) is 3.57 Å². The minimum Gasteiger partial charge on any atom is -0.462 e. The summed E-state index contributed by atoms with van der Waals surface area (Å²) in [6.07, 6.45) is -0.370. The predicted molar refractivity (Wildman–Crippen MR) is 87.2 cm³/mol. The standard InChI is InChI=1S/C13H17FINO4S/c1-4-21(18,19)16(8-13(17)20-9(2)3)12-6-5-10(15)7-11(12)14/h5-7,9H,4,8H2,1-3H3. The van der Waals surface area contributed by atoms with Crippen molar-refractivity contribution in [2.45, 2.75) is 26.9 Å². The molecule has 0 aliphatic carbocycles. The number of halogens is 2. The number of rotatable bonds is 6. The number of carbonyl (C=O) groups excluding carboxylic acids is 1. The third-order valence-corrected chi connectivity index (χ3v) is 4.92. The number of sulfonamides is 1. The van der Waals surface area contributed by atoms with Crippen LogP contribution in [0.4, 0.5) is 10.1 Å². The van der Waals surface area contributed by atoms with Crippen molar-refractivity contribution in [3.05, 3.63) is 27.6 Å². The molecule has 0 amide bonds. The van der Waals surface area contributed by atoms with E-state index in [9.17, 15) is 17.6 Å². The molecule has 1 rings (SSSR count). The van der Waals surface area contributed by atoms with Crippen molar-refractivity contribution in [2.24, 2.45) is 0 Å². The number of hydrogen-bond acceptors (Lipinski definition) is 4. The summed E-state index contributed by atoms with van der Waals surface area (Å²) >= 11 is 1.92. The van der Waals surface area contributed by atoms with Gasteiger partial charge in [-0.2, -0.15) is 0 Å². The first-order chi connectivity index (χ1) is 9.67. The van der Waals surface area contributed by atoms with Crippen molar-refractivity contribution in [2.75, 3.05) is 16.6 Å². The normalized spacial score (nSPS) is 11.5. The first-order valence-corrected chi connectivity index (χ1v) is 9.01. The summed E-state index contributed by atoms with van der Waals surface area (Å²) < 4.78 is 44.6. The number of hydrogen-bond donors (Lipinski definition) is 0. The smallest absolute Gasteiger partial charge is 0.327 e. The Bertz CT molecular complexity index is 619. The van der Waals surface area contributed by atoms with Crippen LogP contribution in [0.15, 0.2) is 18.2 Å². The third kappa shape index (κ3) is 5.10. The van der Waals surface area contributed by atoms with Crippen molar-refractivity contribution in [3.8, 4) is 0 Å². The molecule has 5 nitrogen and oxygen atoms in total. The lowest BCUT2D eigenvalue weighted by atomic mass is 10.3. The molecule has 0 aromatic heterocycles. The monoisotopic (exact) mass is 429 g/mol. The zero-order valence-electron chi connectivity index (χ0n) is 12.0. The lowest BCUT2D eigenvalue weighted by Gasteiger charge is -2.23. The molecule has 21 heavy (non-hydrogen) atoms. The molecular weight excluding hydrogens is 412 g/mol. The first kappa shape index (κ1) is 18.1. The van der Waals surface area contributed by atoms with Gasteiger partial charge in [0, 0.05) is 3.57 Å². The Kier molecular flexibility index (Phi) is 6.39. The molecule has 0 aliphatic rings. The summed E-state index contributed by atoms with van der Waals surface area (Å²) in [5, 5.41) is 0. The van der Waals surface area contributed by atoms with E-state index >= 15 is 0 Å². The number of benzene rings is 1. The number of ether oxygens (including phenoxy) is 1. The van der Waals surface area contributed by atoms with Crippen molar-refractivity contribution < 1.29 is 22.3 Å². The van der Waals surface area contributed by atoms with Crippen LogP contribution in [0, 0.1) is 9.39 Å². The van der Waals surface area contributed by atoms with Crippen molar-refractivity contribution in [3.63, 3.8) is 0 Å². The van der Waals surface area contributed by atoms with E-state index in [0.717, 1.165) is 4.31 Å². The molecule has 118 valence electrons. The van der Waals surface area contributed by atoms with Crippen molar-refractivity contribution in [1.29, 1.82) is 0 Å². The number of nitrogens with zero attached hydrogens (tertiary/aromatic N) is 1. The van der Waals surface area contributed by atoms with Gasteiger partial charge in [0.1, 0.15) is 12.4 Å². The molecule has 1 aromatic rings. The predicted octanol–water partition coefficient (Wildman–Crippen LogP) is 2.54. The highest BCUT2D eigenvalue weighted by molar-refractivity contribution is 14.1. The van der Waals surface area contributed by atoms with E-state index in [1.807, 2.05) is 22.6 Å². The zero-order chi connectivity index (χ0) is 16.2. The van der Waals surface area contributed by atoms with Gasteiger partial charge >= 0.3 is 5.97 Å². The van der Waals surface area contributed by atoms with E-state index in [2.05, 4.69) is 0 Å². The highest BCUT2D eigenvalue weighted by Crippen LogP contribution is 2.24. The Hall–Kier alpha value is -0.900. The second-order valence-corrected chi connectivity index (χ2v) is 7.97. The summed E-state index contributed by atoms with van der Waals surface area (Å²) in [6.45, 7) is 4.19. The molecule has 0 saturated carbocycles. The minimum atomic E-state index is -3.79. The fourth-order valence-corrected chi connectivity index (χ4v) is 3.10. The fourth-order valence-electron chi connectivity index (χ4n) is 1.59. The molecule has 0 heterocycles. The van der Waals surface area contributed by atoms with Crippen LogP contribution in [-0.4, -0.2) is 32.8 Å². The summed E-state index contributed by atoms with van der Waals surface area (Å²) in [5.74, 6) is -1.66. The van der Waals surface area contributed by atoms with Crippen LogP contribution in [0.3, 0.4) is 0 Å². The Morgan fingerprint density at radius 1 is 1.43 bits per heavy atom. The van der Waals surface area contributed by atoms with Gasteiger partial charge in [-0.3, -0.25) is 9.10 Å². The summed E-state index contributed by atoms with van der Waals surface area (Å²) in [4.78, 5) is 11.7. The molecule has 0 N–H and O–H groups in total. The Morgan fingerprint density at radius 3 is 2.52 bits per heavy atom. The molecule has 0 bridgehead atoms. The minimum absolute atomic E-state index is 0.155. The lowest BCUT2D eigenvalue weighted by molar-refractivity contribution is -0.145. The first-order valence-electron chi connectivity index (χ1n) is 6.32. The average molecular weight is 429 g/mol. The maximum atomic E-state index is 14.0. The van der Waals surface area contributed by atoms with Gasteiger partial charge in [0.25, 0.3) is 0 Å². The van der Waals surface area contributed by atoms with Crippen LogP contribution < -0.4 is 4.31 Å². The second-order valence-electron chi connectivity index (χ2n) is 4.54. The quantitative estimate of drug-likeness (QED) is 0.515. The van der Waals surface area contributed by atoms with Crippen LogP contribution in [0.1, 0.15) is 20.8 Å². The van der Waals surface area contributed by atoms with Gasteiger partial charge in [0.2, 0.25) is 10.0 Å². The lowest BCUT2D eigenvalue weighted by Crippen LogP contribution is -2.38. The summed E-state index contributed by atoms with van der Waals surface area (Å²) in [6, 6.07) is 4.12. The zero-order valence-corrected chi connectivity index (χ0v) is 14.9. The third-order valence-electron chi connectivity index (χ3n) is 2.52. The SMILES string of the molecule is CCS(=O)(=O)N(CC(=O)OC(C)C)c1ccc(I)cc1F. The van der Waals surface area contributed by atoms with Crippen LogP contribution in [-0.2, 0) is 19.6 Å². The molecular formula is C13H17FINO4S. The van der Waals surface area contributed by atoms with Crippen LogP contribution in [0.5, 0.6) is 0 Å². The molecule has 0 spiro atoms. The van der Waals surface area contributed by atoms with Crippen molar-refractivity contribution in [1.82, 2.24) is 0 Å². The van der Waals surface area contributed by atoms with E-state index in [4.69, 9.17) is 4.74 Å². The number of carbonyl (C=O) groups is 1. The van der Waals surface area contributed by atoms with E-state index in [1.54, 1.807) is 19.9 Å². The molecule has 0 saturated heterocycles. The molecule has 0 radical (unpaired) electrons. The second kappa shape index (κ2) is 7.39. The fraction of sp³-hybridized carbons (Fsp3) is 0.462. The maximum Gasteiger partial charge on any atom is 0.327 e. The maximum absolute atomic E-state index is 14.0. The van der Waals surface area contributed by atoms with Crippen LogP contribution in [0.2, 0.25) is 0 Å². The molecule has 1 aromatic carbocycles.